The summed E-state index contributed by atoms with van der Waals surface area (Å²) in [7, 11) is 1.53. The Morgan fingerprint density at radius 1 is 1.00 bits per heavy atom. The largest absolute Gasteiger partial charge is 0.496 e. The molecule has 0 aliphatic rings. The molecule has 0 amide bonds. The molecular weight excluding hydrogens is 340 g/mol. The number of nitrogens with two attached hydrogens (primary N) is 1. The van der Waals surface area contributed by atoms with Gasteiger partial charge in [0.25, 0.3) is 0 Å². The van der Waals surface area contributed by atoms with Crippen LogP contribution in [0.2, 0.25) is 0 Å². The van der Waals surface area contributed by atoms with Gasteiger partial charge in [-0.05, 0) is 43.2 Å². The van der Waals surface area contributed by atoms with Crippen molar-refractivity contribution >= 4 is 15.9 Å². The van der Waals surface area contributed by atoms with E-state index in [1.165, 1.54) is 13.2 Å². The lowest BCUT2D eigenvalue weighted by Gasteiger charge is -2.19. The van der Waals surface area contributed by atoms with Crippen molar-refractivity contribution in [3.8, 4) is 5.75 Å². The van der Waals surface area contributed by atoms with Gasteiger partial charge in [0, 0.05) is 21.7 Å². The average Bonchev–Trinajstić information content (AvgIpc) is 2.44. The molecule has 0 spiro atoms. The quantitative estimate of drug-likeness (QED) is 0.885. The predicted octanol–water partition coefficient (Wildman–Crippen LogP) is 4.40. The number of aryl methyl sites for hydroxylation is 2. The van der Waals surface area contributed by atoms with E-state index < -0.39 is 17.7 Å². The van der Waals surface area contributed by atoms with Gasteiger partial charge in [0.1, 0.15) is 17.4 Å². The van der Waals surface area contributed by atoms with Crippen molar-refractivity contribution in [2.45, 2.75) is 19.9 Å². The number of ether oxygens (including phenoxy) is 1. The Morgan fingerprint density at radius 2 is 1.67 bits per heavy atom. The van der Waals surface area contributed by atoms with E-state index in [-0.39, 0.29) is 5.56 Å². The van der Waals surface area contributed by atoms with Gasteiger partial charge >= 0.3 is 0 Å². The topological polar surface area (TPSA) is 35.2 Å². The summed E-state index contributed by atoms with van der Waals surface area (Å²) in [6.45, 7) is 3.50. The van der Waals surface area contributed by atoms with Crippen molar-refractivity contribution in [2.75, 3.05) is 7.11 Å². The third kappa shape index (κ3) is 3.09. The molecule has 0 saturated heterocycles. The molecule has 0 heterocycles. The molecule has 2 rings (SSSR count). The molecule has 0 saturated carbocycles. The smallest absolute Gasteiger partial charge is 0.131 e. The fourth-order valence-electron chi connectivity index (χ4n) is 2.18. The molecule has 0 aromatic heterocycles. The number of halogens is 3. The second-order valence-electron chi connectivity index (χ2n) is 4.94. The van der Waals surface area contributed by atoms with Crippen LogP contribution in [0.5, 0.6) is 5.75 Å². The molecule has 0 radical (unpaired) electrons. The van der Waals surface area contributed by atoms with Gasteiger partial charge in [0.2, 0.25) is 0 Å². The third-order valence-electron chi connectivity index (χ3n) is 3.46. The van der Waals surface area contributed by atoms with Gasteiger partial charge in [-0.25, -0.2) is 8.78 Å². The van der Waals surface area contributed by atoms with Crippen molar-refractivity contribution in [2.24, 2.45) is 5.73 Å². The van der Waals surface area contributed by atoms with Crippen LogP contribution in [0.15, 0.2) is 28.7 Å². The highest BCUT2D eigenvalue weighted by molar-refractivity contribution is 9.10. The summed E-state index contributed by atoms with van der Waals surface area (Å²) >= 11 is 3.43. The molecule has 2 N–H and O–H groups in total. The molecule has 0 aliphatic heterocycles. The molecule has 0 bridgehead atoms. The lowest BCUT2D eigenvalue weighted by Crippen LogP contribution is -2.15. The molecule has 5 heteroatoms. The number of methoxy groups -OCH3 is 1. The Balaban J connectivity index is 2.57. The van der Waals surface area contributed by atoms with Crippen molar-refractivity contribution in [3.05, 3.63) is 62.6 Å². The monoisotopic (exact) mass is 355 g/mol. The van der Waals surface area contributed by atoms with Gasteiger partial charge in [-0.1, -0.05) is 15.9 Å². The zero-order valence-electron chi connectivity index (χ0n) is 12.0. The molecule has 1 unspecified atom stereocenters. The summed E-state index contributed by atoms with van der Waals surface area (Å²) in [6.07, 6.45) is 0. The predicted molar refractivity (Wildman–Crippen MR) is 82.6 cm³/mol. The van der Waals surface area contributed by atoms with Gasteiger partial charge in [0.15, 0.2) is 0 Å². The highest BCUT2D eigenvalue weighted by Gasteiger charge is 2.20. The van der Waals surface area contributed by atoms with Crippen LogP contribution < -0.4 is 10.5 Å². The zero-order valence-corrected chi connectivity index (χ0v) is 13.6. The van der Waals surface area contributed by atoms with Crippen LogP contribution in [-0.4, -0.2) is 7.11 Å². The molecule has 0 fully saturated rings. The van der Waals surface area contributed by atoms with E-state index in [4.69, 9.17) is 10.5 Å². The Bertz CT molecular complexity index is 688. The van der Waals surface area contributed by atoms with Crippen molar-refractivity contribution in [1.29, 1.82) is 0 Å². The standard InChI is InChI=1S/C16H16BrF2NO/c1-8-5-15(21-3)11(6-12(8)17)16(20)10-4-9(2)13(18)7-14(10)19/h4-7,16H,20H2,1-3H3. The second kappa shape index (κ2) is 6.12. The normalized spacial score (nSPS) is 12.3. The summed E-state index contributed by atoms with van der Waals surface area (Å²) in [4.78, 5) is 0. The lowest BCUT2D eigenvalue weighted by molar-refractivity contribution is 0.407. The Hall–Kier alpha value is -1.46. The Kier molecular flexibility index (Phi) is 4.64. The lowest BCUT2D eigenvalue weighted by atomic mass is 9.96. The van der Waals surface area contributed by atoms with E-state index in [1.54, 1.807) is 13.0 Å². The molecule has 2 aromatic rings. The maximum atomic E-state index is 14.0. The summed E-state index contributed by atoms with van der Waals surface area (Å²) < 4.78 is 33.6. The van der Waals surface area contributed by atoms with Crippen LogP contribution in [0.1, 0.15) is 28.3 Å². The van der Waals surface area contributed by atoms with Crippen LogP contribution in [0.25, 0.3) is 0 Å². The summed E-state index contributed by atoms with van der Waals surface area (Å²) in [6, 6.07) is 5.18. The van der Waals surface area contributed by atoms with Crippen LogP contribution >= 0.6 is 15.9 Å². The SMILES string of the molecule is COc1cc(C)c(Br)cc1C(N)c1cc(C)c(F)cc1F. The first kappa shape index (κ1) is 15.9. The fourth-order valence-corrected chi connectivity index (χ4v) is 2.54. The molecule has 2 aromatic carbocycles. The van der Waals surface area contributed by atoms with Crippen LogP contribution in [0.4, 0.5) is 8.78 Å². The molecule has 0 aliphatic carbocycles. The van der Waals surface area contributed by atoms with E-state index in [9.17, 15) is 8.78 Å². The zero-order chi connectivity index (χ0) is 15.7. The van der Waals surface area contributed by atoms with Gasteiger partial charge in [-0.2, -0.15) is 0 Å². The van der Waals surface area contributed by atoms with E-state index in [2.05, 4.69) is 15.9 Å². The summed E-state index contributed by atoms with van der Waals surface area (Å²) in [5, 5.41) is 0. The van der Waals surface area contributed by atoms with Crippen LogP contribution in [-0.2, 0) is 0 Å². The van der Waals surface area contributed by atoms with E-state index in [0.29, 0.717) is 16.9 Å². The van der Waals surface area contributed by atoms with Gasteiger partial charge in [-0.15, -0.1) is 0 Å². The van der Waals surface area contributed by atoms with Gasteiger partial charge in [-0.3, -0.25) is 0 Å². The van der Waals surface area contributed by atoms with E-state index in [1.807, 2.05) is 13.0 Å². The number of hydrogen-bond donors (Lipinski definition) is 1. The van der Waals surface area contributed by atoms with Crippen LogP contribution in [0, 0.1) is 25.5 Å². The van der Waals surface area contributed by atoms with E-state index in [0.717, 1.165) is 16.1 Å². The average molecular weight is 356 g/mol. The number of rotatable bonds is 3. The minimum absolute atomic E-state index is 0.239. The first-order valence-corrected chi connectivity index (χ1v) is 7.19. The van der Waals surface area contributed by atoms with Crippen molar-refractivity contribution < 1.29 is 13.5 Å². The third-order valence-corrected chi connectivity index (χ3v) is 4.31. The van der Waals surface area contributed by atoms with Crippen molar-refractivity contribution in [3.63, 3.8) is 0 Å². The minimum atomic E-state index is -0.740. The molecule has 112 valence electrons. The molecule has 21 heavy (non-hydrogen) atoms. The second-order valence-corrected chi connectivity index (χ2v) is 5.80. The summed E-state index contributed by atoms with van der Waals surface area (Å²) in [5.41, 5.74) is 8.38. The first-order valence-electron chi connectivity index (χ1n) is 6.40. The molecular formula is C16H16BrF2NO. The minimum Gasteiger partial charge on any atom is -0.496 e. The van der Waals surface area contributed by atoms with Crippen LogP contribution in [0.3, 0.4) is 0 Å². The maximum Gasteiger partial charge on any atom is 0.131 e. The van der Waals surface area contributed by atoms with Crippen molar-refractivity contribution in [1.82, 2.24) is 0 Å². The Morgan fingerprint density at radius 3 is 2.29 bits per heavy atom. The fraction of sp³-hybridized carbons (Fsp3) is 0.250. The maximum absolute atomic E-state index is 14.0. The summed E-state index contributed by atoms with van der Waals surface area (Å²) in [5.74, 6) is -0.672. The van der Waals surface area contributed by atoms with Gasteiger partial charge in [0.05, 0.1) is 13.2 Å². The molecule has 2 nitrogen and oxygen atoms in total. The van der Waals surface area contributed by atoms with E-state index >= 15 is 0 Å². The first-order chi connectivity index (χ1) is 9.85. The number of hydrogen-bond acceptors (Lipinski definition) is 2. The van der Waals surface area contributed by atoms with Gasteiger partial charge < -0.3 is 10.5 Å². The highest BCUT2D eigenvalue weighted by Crippen LogP contribution is 2.34. The highest BCUT2D eigenvalue weighted by atomic mass is 79.9. The number of benzene rings is 2. The Labute approximate surface area is 131 Å². The molecule has 1 atom stereocenters.